The zero-order valence-electron chi connectivity index (χ0n) is 13.4. The molecule has 5 heteroatoms. The molecule has 1 aliphatic heterocycles. The van der Waals surface area contributed by atoms with E-state index in [2.05, 4.69) is 52.0 Å². The Balaban J connectivity index is 1.84. The predicted octanol–water partition coefficient (Wildman–Crippen LogP) is 4.53. The standard InChI is InChI=1S/C19H16BrNO3/c1-11-3-5-13(6-4-11)21-9-15-16(23-10-21)8-7-14-12(2)17(20)19(22)24-18(14)15/h3-8H,9-10H2,1-2H3. The van der Waals surface area contributed by atoms with Crippen LogP contribution in [0.3, 0.4) is 0 Å². The number of hydrogen-bond acceptors (Lipinski definition) is 4. The molecule has 0 atom stereocenters. The SMILES string of the molecule is Cc1ccc(N2COc3ccc4c(C)c(Br)c(=O)oc4c3C2)cc1. The maximum Gasteiger partial charge on any atom is 0.350 e. The topological polar surface area (TPSA) is 42.7 Å². The molecular weight excluding hydrogens is 370 g/mol. The van der Waals surface area contributed by atoms with Crippen LogP contribution in [0, 0.1) is 13.8 Å². The van der Waals surface area contributed by atoms with Gasteiger partial charge in [-0.15, -0.1) is 0 Å². The molecule has 122 valence electrons. The van der Waals surface area contributed by atoms with Gasteiger partial charge in [0.05, 0.1) is 12.1 Å². The van der Waals surface area contributed by atoms with Gasteiger partial charge in [0.15, 0.2) is 6.73 Å². The van der Waals surface area contributed by atoms with Gasteiger partial charge in [0, 0.05) is 11.1 Å². The first kappa shape index (κ1) is 15.3. The van der Waals surface area contributed by atoms with Crippen LogP contribution in [-0.4, -0.2) is 6.73 Å². The van der Waals surface area contributed by atoms with Crippen LogP contribution < -0.4 is 15.3 Å². The van der Waals surface area contributed by atoms with Crippen molar-refractivity contribution in [3.05, 3.63) is 68.0 Å². The van der Waals surface area contributed by atoms with E-state index in [0.29, 0.717) is 23.3 Å². The highest BCUT2D eigenvalue weighted by Gasteiger charge is 2.23. The first-order valence-electron chi connectivity index (χ1n) is 7.74. The van der Waals surface area contributed by atoms with Gasteiger partial charge in [-0.25, -0.2) is 4.79 Å². The minimum atomic E-state index is -0.360. The molecule has 2 aromatic carbocycles. The Bertz CT molecular complexity index is 992. The Morgan fingerprint density at radius 2 is 1.83 bits per heavy atom. The Labute approximate surface area is 147 Å². The van der Waals surface area contributed by atoms with Gasteiger partial charge in [-0.2, -0.15) is 0 Å². The van der Waals surface area contributed by atoms with Crippen LogP contribution in [0.5, 0.6) is 5.75 Å². The fraction of sp³-hybridized carbons (Fsp3) is 0.211. The quantitative estimate of drug-likeness (QED) is 0.577. The number of rotatable bonds is 1. The van der Waals surface area contributed by atoms with Crippen molar-refractivity contribution in [1.29, 1.82) is 0 Å². The molecule has 0 N–H and O–H groups in total. The lowest BCUT2D eigenvalue weighted by atomic mass is 10.0. The lowest BCUT2D eigenvalue weighted by Gasteiger charge is -2.31. The van der Waals surface area contributed by atoms with E-state index < -0.39 is 0 Å². The van der Waals surface area contributed by atoms with Crippen LogP contribution >= 0.6 is 15.9 Å². The minimum Gasteiger partial charge on any atom is -0.473 e. The Kier molecular flexibility index (Phi) is 3.61. The molecule has 0 aliphatic carbocycles. The van der Waals surface area contributed by atoms with Gasteiger partial charge in [-0.1, -0.05) is 17.7 Å². The smallest absolute Gasteiger partial charge is 0.350 e. The summed E-state index contributed by atoms with van der Waals surface area (Å²) in [6.45, 7) is 5.09. The number of halogens is 1. The van der Waals surface area contributed by atoms with Crippen LogP contribution in [-0.2, 0) is 6.54 Å². The highest BCUT2D eigenvalue weighted by molar-refractivity contribution is 9.10. The molecule has 0 saturated carbocycles. The van der Waals surface area contributed by atoms with Crippen molar-refractivity contribution in [2.75, 3.05) is 11.6 Å². The number of hydrogen-bond donors (Lipinski definition) is 0. The first-order valence-corrected chi connectivity index (χ1v) is 8.53. The van der Waals surface area contributed by atoms with Crippen molar-refractivity contribution in [2.45, 2.75) is 20.4 Å². The summed E-state index contributed by atoms with van der Waals surface area (Å²) in [5, 5.41) is 0.926. The average molecular weight is 386 g/mol. The van der Waals surface area contributed by atoms with Crippen LogP contribution in [0.15, 0.2) is 50.1 Å². The van der Waals surface area contributed by atoms with E-state index >= 15 is 0 Å². The summed E-state index contributed by atoms with van der Waals surface area (Å²) >= 11 is 3.30. The van der Waals surface area contributed by atoms with E-state index in [1.807, 2.05) is 19.1 Å². The maximum absolute atomic E-state index is 12.1. The molecule has 1 aromatic heterocycles. The second-order valence-corrected chi connectivity index (χ2v) is 6.85. The van der Waals surface area contributed by atoms with Crippen molar-refractivity contribution >= 4 is 32.6 Å². The third-order valence-corrected chi connectivity index (χ3v) is 5.37. The largest absolute Gasteiger partial charge is 0.473 e. The van der Waals surface area contributed by atoms with E-state index in [1.54, 1.807) is 0 Å². The molecule has 1 aliphatic rings. The third kappa shape index (κ3) is 2.40. The van der Waals surface area contributed by atoms with Crippen molar-refractivity contribution < 1.29 is 9.15 Å². The number of anilines is 1. The van der Waals surface area contributed by atoms with E-state index in [0.717, 1.165) is 28.0 Å². The van der Waals surface area contributed by atoms with E-state index in [-0.39, 0.29) is 5.63 Å². The van der Waals surface area contributed by atoms with Gasteiger partial charge < -0.3 is 14.1 Å². The summed E-state index contributed by atoms with van der Waals surface area (Å²) < 4.78 is 11.9. The summed E-state index contributed by atoms with van der Waals surface area (Å²) in [4.78, 5) is 14.2. The summed E-state index contributed by atoms with van der Waals surface area (Å²) in [5.74, 6) is 0.774. The van der Waals surface area contributed by atoms with Crippen molar-refractivity contribution in [3.8, 4) is 5.75 Å². The van der Waals surface area contributed by atoms with Gasteiger partial charge in [-0.05, 0) is 59.6 Å². The summed E-state index contributed by atoms with van der Waals surface area (Å²) in [5.41, 5.74) is 4.34. The monoisotopic (exact) mass is 385 g/mol. The van der Waals surface area contributed by atoms with Gasteiger partial charge in [-0.3, -0.25) is 0 Å². The fourth-order valence-electron chi connectivity index (χ4n) is 3.02. The molecule has 2 heterocycles. The second-order valence-electron chi connectivity index (χ2n) is 6.05. The van der Waals surface area contributed by atoms with Crippen molar-refractivity contribution in [3.63, 3.8) is 0 Å². The highest BCUT2D eigenvalue weighted by Crippen LogP contribution is 2.35. The summed E-state index contributed by atoms with van der Waals surface area (Å²) in [6, 6.07) is 12.2. The molecular formula is C19H16BrNO3. The molecule has 4 rings (SSSR count). The minimum absolute atomic E-state index is 0.360. The van der Waals surface area contributed by atoms with Crippen LogP contribution in [0.4, 0.5) is 5.69 Å². The average Bonchev–Trinajstić information content (AvgIpc) is 2.60. The highest BCUT2D eigenvalue weighted by atomic mass is 79.9. The van der Waals surface area contributed by atoms with E-state index in [1.165, 1.54) is 5.56 Å². The van der Waals surface area contributed by atoms with Gasteiger partial charge in [0.1, 0.15) is 15.8 Å². The van der Waals surface area contributed by atoms with E-state index in [9.17, 15) is 4.79 Å². The van der Waals surface area contributed by atoms with Crippen LogP contribution in [0.1, 0.15) is 16.7 Å². The maximum atomic E-state index is 12.1. The number of nitrogens with zero attached hydrogens (tertiary/aromatic N) is 1. The summed E-state index contributed by atoms with van der Waals surface area (Å²) in [6.07, 6.45) is 0. The van der Waals surface area contributed by atoms with Crippen LogP contribution in [0.2, 0.25) is 0 Å². The van der Waals surface area contributed by atoms with Gasteiger partial charge in [0.2, 0.25) is 0 Å². The predicted molar refractivity (Wildman–Crippen MR) is 97.8 cm³/mol. The van der Waals surface area contributed by atoms with E-state index in [4.69, 9.17) is 9.15 Å². The van der Waals surface area contributed by atoms with Crippen molar-refractivity contribution in [2.24, 2.45) is 0 Å². The lowest BCUT2D eigenvalue weighted by molar-refractivity contribution is 0.289. The number of aryl methyl sites for hydroxylation is 2. The first-order chi connectivity index (χ1) is 11.5. The zero-order valence-corrected chi connectivity index (χ0v) is 15.0. The summed E-state index contributed by atoms with van der Waals surface area (Å²) in [7, 11) is 0. The molecule has 0 amide bonds. The van der Waals surface area contributed by atoms with Crippen LogP contribution in [0.25, 0.3) is 11.0 Å². The molecule has 24 heavy (non-hydrogen) atoms. The molecule has 0 fully saturated rings. The van der Waals surface area contributed by atoms with Crippen molar-refractivity contribution in [1.82, 2.24) is 0 Å². The number of fused-ring (bicyclic) bond motifs is 3. The second kappa shape index (κ2) is 5.67. The Morgan fingerprint density at radius 3 is 2.58 bits per heavy atom. The van der Waals surface area contributed by atoms with Gasteiger partial charge >= 0.3 is 5.63 Å². The number of benzene rings is 2. The Hall–Kier alpha value is -2.27. The molecule has 0 bridgehead atoms. The normalized spacial score (nSPS) is 13.7. The molecule has 0 radical (unpaired) electrons. The fourth-order valence-corrected chi connectivity index (χ4v) is 3.32. The lowest BCUT2D eigenvalue weighted by Crippen LogP contribution is -2.32. The molecule has 0 unspecified atom stereocenters. The third-order valence-electron chi connectivity index (χ3n) is 4.45. The molecule has 0 spiro atoms. The molecule has 0 saturated heterocycles. The van der Waals surface area contributed by atoms with Gasteiger partial charge in [0.25, 0.3) is 0 Å². The molecule has 4 nitrogen and oxygen atoms in total. The zero-order chi connectivity index (χ0) is 16.8. The Morgan fingerprint density at radius 1 is 1.08 bits per heavy atom. The molecule has 3 aromatic rings. The number of ether oxygens (including phenoxy) is 1.